The van der Waals surface area contributed by atoms with Crippen molar-refractivity contribution in [1.82, 2.24) is 10.6 Å². The highest BCUT2D eigenvalue weighted by Gasteiger charge is 2.49. The molecule has 142 valence electrons. The quantitative estimate of drug-likeness (QED) is 0.643. The van der Waals surface area contributed by atoms with E-state index in [1.165, 1.54) is 11.1 Å². The van der Waals surface area contributed by atoms with Gasteiger partial charge in [-0.3, -0.25) is 0 Å². The Morgan fingerprint density at radius 2 is 1.93 bits per heavy atom. The monoisotopic (exact) mass is 382 g/mol. The second-order valence-corrected chi connectivity index (χ2v) is 8.94. The van der Waals surface area contributed by atoms with E-state index in [0.717, 1.165) is 29.7 Å². The molecule has 0 unspecified atom stereocenters. The summed E-state index contributed by atoms with van der Waals surface area (Å²) < 4.78 is 6.56. The van der Waals surface area contributed by atoms with E-state index in [0.29, 0.717) is 5.11 Å². The predicted octanol–water partition coefficient (Wildman–Crippen LogP) is 4.27. The van der Waals surface area contributed by atoms with E-state index in [1.54, 1.807) is 6.07 Å². The van der Waals surface area contributed by atoms with Crippen molar-refractivity contribution in [2.24, 2.45) is 0 Å². The number of fused-ring (bicyclic) bond motifs is 1. The summed E-state index contributed by atoms with van der Waals surface area (Å²) in [6.45, 7) is 8.29. The molecule has 0 bridgehead atoms. The number of hydrogen-bond donors (Lipinski definition) is 3. The first-order valence-electron chi connectivity index (χ1n) is 9.36. The summed E-state index contributed by atoms with van der Waals surface area (Å²) in [4.78, 5) is 0. The molecule has 2 atom stereocenters. The van der Waals surface area contributed by atoms with Crippen LogP contribution in [-0.2, 0) is 0 Å². The fourth-order valence-electron chi connectivity index (χ4n) is 4.51. The van der Waals surface area contributed by atoms with Crippen LogP contribution in [-0.4, -0.2) is 21.5 Å². The van der Waals surface area contributed by atoms with Crippen LogP contribution in [0.2, 0.25) is 0 Å². The Kier molecular flexibility index (Phi) is 4.11. The van der Waals surface area contributed by atoms with Gasteiger partial charge in [-0.1, -0.05) is 35.9 Å². The molecule has 1 spiro atoms. The van der Waals surface area contributed by atoms with Crippen LogP contribution in [0.4, 0.5) is 0 Å². The van der Waals surface area contributed by atoms with Gasteiger partial charge >= 0.3 is 0 Å². The van der Waals surface area contributed by atoms with Gasteiger partial charge in [0.05, 0.1) is 0 Å². The summed E-state index contributed by atoms with van der Waals surface area (Å²) in [6.07, 6.45) is 1.54. The third-order valence-corrected chi connectivity index (χ3v) is 5.78. The van der Waals surface area contributed by atoms with Crippen LogP contribution < -0.4 is 15.4 Å². The van der Waals surface area contributed by atoms with Gasteiger partial charge in [-0.25, -0.2) is 0 Å². The average Bonchev–Trinajstić information content (AvgIpc) is 2.56. The maximum absolute atomic E-state index is 10.3. The summed E-state index contributed by atoms with van der Waals surface area (Å²) in [5.41, 5.74) is 3.60. The lowest BCUT2D eigenvalue weighted by Crippen LogP contribution is -2.69. The number of aromatic hydroxyl groups is 1. The lowest BCUT2D eigenvalue weighted by molar-refractivity contribution is -0.0134. The van der Waals surface area contributed by atoms with Crippen LogP contribution in [0.15, 0.2) is 36.4 Å². The van der Waals surface area contributed by atoms with Gasteiger partial charge in [-0.15, -0.1) is 0 Å². The van der Waals surface area contributed by atoms with E-state index in [4.69, 9.17) is 17.0 Å². The molecule has 5 heteroatoms. The van der Waals surface area contributed by atoms with Crippen LogP contribution in [0.25, 0.3) is 0 Å². The molecule has 0 aromatic heterocycles. The summed E-state index contributed by atoms with van der Waals surface area (Å²) in [7, 11) is 0. The van der Waals surface area contributed by atoms with Gasteiger partial charge in [0.25, 0.3) is 0 Å². The van der Waals surface area contributed by atoms with Crippen molar-refractivity contribution in [3.8, 4) is 11.5 Å². The number of thiocarbonyl (C=S) groups is 1. The van der Waals surface area contributed by atoms with Gasteiger partial charge in [0, 0.05) is 35.4 Å². The van der Waals surface area contributed by atoms with E-state index >= 15 is 0 Å². The molecule has 2 aliphatic heterocycles. The van der Waals surface area contributed by atoms with Gasteiger partial charge < -0.3 is 20.5 Å². The van der Waals surface area contributed by atoms with Crippen LogP contribution in [0.3, 0.4) is 0 Å². The molecule has 27 heavy (non-hydrogen) atoms. The first-order chi connectivity index (χ1) is 12.7. The zero-order chi connectivity index (χ0) is 19.4. The third kappa shape index (κ3) is 3.25. The van der Waals surface area contributed by atoms with Gasteiger partial charge in [0.15, 0.2) is 10.8 Å². The molecular formula is C22H26N2O2S. The molecule has 4 nitrogen and oxygen atoms in total. The molecule has 2 heterocycles. The SMILES string of the molecule is Cc1cccc([C@@H]2C[C@@]3(CC(C)(C)NC(=S)N3)Oc3c2ccc(O)c3C)c1. The molecule has 1 saturated heterocycles. The third-order valence-electron chi connectivity index (χ3n) is 5.58. The van der Waals surface area contributed by atoms with Crippen molar-refractivity contribution in [1.29, 1.82) is 0 Å². The zero-order valence-electron chi connectivity index (χ0n) is 16.2. The summed E-state index contributed by atoms with van der Waals surface area (Å²) in [5.74, 6) is 1.18. The molecule has 1 fully saturated rings. The average molecular weight is 383 g/mol. The number of hydrogen-bond acceptors (Lipinski definition) is 3. The summed E-state index contributed by atoms with van der Waals surface area (Å²) in [5, 5.41) is 17.6. The number of ether oxygens (including phenoxy) is 1. The molecule has 0 radical (unpaired) electrons. The second-order valence-electron chi connectivity index (χ2n) is 8.54. The highest BCUT2D eigenvalue weighted by atomic mass is 32.1. The van der Waals surface area contributed by atoms with Crippen molar-refractivity contribution >= 4 is 17.3 Å². The van der Waals surface area contributed by atoms with E-state index in [2.05, 4.69) is 55.7 Å². The minimum Gasteiger partial charge on any atom is -0.508 e. The number of phenols is 1. The minimum atomic E-state index is -0.605. The van der Waals surface area contributed by atoms with E-state index in [1.807, 2.05) is 13.0 Å². The van der Waals surface area contributed by atoms with Crippen molar-refractivity contribution < 1.29 is 9.84 Å². The number of phenolic OH excluding ortho intramolecular Hbond substituents is 1. The highest BCUT2D eigenvalue weighted by Crippen LogP contribution is 2.49. The van der Waals surface area contributed by atoms with E-state index in [-0.39, 0.29) is 17.2 Å². The largest absolute Gasteiger partial charge is 0.508 e. The van der Waals surface area contributed by atoms with Crippen molar-refractivity contribution in [3.05, 3.63) is 58.7 Å². The molecule has 4 rings (SSSR count). The Morgan fingerprint density at radius 1 is 1.15 bits per heavy atom. The Morgan fingerprint density at radius 3 is 2.63 bits per heavy atom. The van der Waals surface area contributed by atoms with Gasteiger partial charge in [0.1, 0.15) is 11.5 Å². The first-order valence-corrected chi connectivity index (χ1v) is 9.77. The lowest BCUT2D eigenvalue weighted by atomic mass is 9.76. The first kappa shape index (κ1) is 18.1. The van der Waals surface area contributed by atoms with Gasteiger partial charge in [0.2, 0.25) is 0 Å². The summed E-state index contributed by atoms with van der Waals surface area (Å²) in [6, 6.07) is 12.4. The fraction of sp³-hybridized carbons (Fsp3) is 0.409. The molecule has 0 amide bonds. The number of rotatable bonds is 1. The van der Waals surface area contributed by atoms with Gasteiger partial charge in [-0.05, 0) is 51.5 Å². The molecule has 0 aliphatic carbocycles. The molecule has 2 aromatic rings. The van der Waals surface area contributed by atoms with Crippen molar-refractivity contribution in [2.75, 3.05) is 0 Å². The number of aryl methyl sites for hydroxylation is 1. The Labute approximate surface area is 165 Å². The number of nitrogens with one attached hydrogen (secondary N) is 2. The summed E-state index contributed by atoms with van der Waals surface area (Å²) >= 11 is 5.49. The Hall–Kier alpha value is -2.27. The topological polar surface area (TPSA) is 53.5 Å². The molecule has 0 saturated carbocycles. The molecular weight excluding hydrogens is 356 g/mol. The zero-order valence-corrected chi connectivity index (χ0v) is 17.0. The smallest absolute Gasteiger partial charge is 0.185 e. The molecule has 3 N–H and O–H groups in total. The standard InChI is InChI=1S/C22H26N2O2S/c1-13-6-5-7-15(10-13)17-11-22(12-21(3,4)23-20(27)24-22)26-19-14(2)18(25)9-8-16(17)19/h5-10,17,25H,11-12H2,1-4H3,(H2,23,24,27)/t17-,22-/m0/s1. The highest BCUT2D eigenvalue weighted by molar-refractivity contribution is 7.80. The van der Waals surface area contributed by atoms with Gasteiger partial charge in [-0.2, -0.15) is 0 Å². The predicted molar refractivity (Wildman–Crippen MR) is 111 cm³/mol. The maximum atomic E-state index is 10.3. The minimum absolute atomic E-state index is 0.164. The van der Waals surface area contributed by atoms with E-state index in [9.17, 15) is 5.11 Å². The lowest BCUT2D eigenvalue weighted by Gasteiger charge is -2.51. The second kappa shape index (κ2) is 6.13. The maximum Gasteiger partial charge on any atom is 0.185 e. The van der Waals surface area contributed by atoms with Crippen LogP contribution >= 0.6 is 12.2 Å². The van der Waals surface area contributed by atoms with E-state index < -0.39 is 5.72 Å². The number of benzene rings is 2. The van der Waals surface area contributed by atoms with Crippen LogP contribution in [0.5, 0.6) is 11.5 Å². The van der Waals surface area contributed by atoms with Crippen LogP contribution in [0, 0.1) is 13.8 Å². The Bertz CT molecular complexity index is 925. The molecule has 2 aromatic carbocycles. The normalized spacial score (nSPS) is 25.9. The van der Waals surface area contributed by atoms with Crippen LogP contribution in [0.1, 0.15) is 54.9 Å². The molecule has 2 aliphatic rings. The van der Waals surface area contributed by atoms with Crippen molar-refractivity contribution in [2.45, 2.75) is 57.7 Å². The Balaban J connectivity index is 1.87. The fourth-order valence-corrected chi connectivity index (χ4v) is 4.97. The van der Waals surface area contributed by atoms with Crippen molar-refractivity contribution in [3.63, 3.8) is 0 Å².